The molecule has 6 heteroatoms. The molecule has 0 bridgehead atoms. The van der Waals surface area contributed by atoms with E-state index in [9.17, 15) is 0 Å². The Kier molecular flexibility index (Phi) is 7.82. The summed E-state index contributed by atoms with van der Waals surface area (Å²) in [6.07, 6.45) is 1.54. The number of hydrogen-bond donors (Lipinski definition) is 0. The van der Waals surface area contributed by atoms with Crippen molar-refractivity contribution in [2.75, 3.05) is 9.80 Å². The van der Waals surface area contributed by atoms with Crippen molar-refractivity contribution in [1.82, 2.24) is 9.55 Å². The van der Waals surface area contributed by atoms with Crippen LogP contribution in [0.4, 0.5) is 22.7 Å². The maximum atomic E-state index is 8.03. The first-order valence-corrected chi connectivity index (χ1v) is 19.1. The molecule has 3 heterocycles. The number of rotatable bonds is 6. The molecule has 0 spiro atoms. The Hall–Kier alpha value is -6.42. The summed E-state index contributed by atoms with van der Waals surface area (Å²) in [7, 11) is 0. The molecule has 0 radical (unpaired) electrons. The van der Waals surface area contributed by atoms with E-state index in [0.717, 1.165) is 55.7 Å². The quantitative estimate of drug-likeness (QED) is 0.156. The van der Waals surface area contributed by atoms with Gasteiger partial charge >= 0.3 is 0 Å². The molecule has 58 heavy (non-hydrogen) atoms. The van der Waals surface area contributed by atoms with Crippen LogP contribution >= 0.6 is 0 Å². The zero-order chi connectivity index (χ0) is 40.8. The fraction of sp³-hybridized carbons (Fsp3) is 0.0769. The number of ether oxygens (including phenoxy) is 1. The third kappa shape index (κ3) is 5.60. The van der Waals surface area contributed by atoms with Crippen molar-refractivity contribution in [2.45, 2.75) is 26.1 Å². The van der Waals surface area contributed by atoms with Gasteiger partial charge in [-0.15, -0.1) is 48.1 Å². The SMILES string of the molecule is [2H]C([2H])([2H])c1ccnc(-n2c3[c-]c(Oc4[c-]c(N5[CH-]N(c6c(-c7ccccc7)ccc7c6-c6ccccc6C7(C)C)c6ccccc65)ccc4)ccc3c3ccccc32)c1.[Pt]. The smallest absolute Gasteiger partial charge is 0.135 e. The molecule has 1 aliphatic heterocycles. The molecule has 9 aromatic rings. The molecule has 0 saturated carbocycles. The van der Waals surface area contributed by atoms with Gasteiger partial charge in [-0.1, -0.05) is 116 Å². The summed E-state index contributed by atoms with van der Waals surface area (Å²) in [6, 6.07) is 60.6. The fourth-order valence-corrected chi connectivity index (χ4v) is 8.83. The van der Waals surface area contributed by atoms with Crippen LogP contribution < -0.4 is 14.5 Å². The molecular formula is C52H37N4OPt-3. The second kappa shape index (κ2) is 13.9. The van der Waals surface area contributed by atoms with E-state index in [1.807, 2.05) is 59.2 Å². The van der Waals surface area contributed by atoms with Crippen molar-refractivity contribution in [3.63, 3.8) is 0 Å². The average Bonchev–Trinajstić information content (AvgIpc) is 3.89. The van der Waals surface area contributed by atoms with Crippen LogP contribution in [-0.2, 0) is 26.5 Å². The average molecular weight is 932 g/mol. The minimum atomic E-state index is -2.27. The molecule has 284 valence electrons. The van der Waals surface area contributed by atoms with Crippen molar-refractivity contribution in [3.05, 3.63) is 199 Å². The second-order valence-corrected chi connectivity index (χ2v) is 15.1. The number of fused-ring (bicyclic) bond motifs is 7. The summed E-state index contributed by atoms with van der Waals surface area (Å²) in [6.45, 7) is 4.55. The van der Waals surface area contributed by atoms with Crippen LogP contribution in [0, 0.1) is 25.7 Å². The van der Waals surface area contributed by atoms with Gasteiger partial charge in [0, 0.05) is 82.0 Å². The summed E-state index contributed by atoms with van der Waals surface area (Å²) >= 11 is 0. The summed E-state index contributed by atoms with van der Waals surface area (Å²) in [5.74, 6) is 1.52. The Labute approximate surface area is 357 Å². The zero-order valence-corrected chi connectivity index (χ0v) is 34.0. The van der Waals surface area contributed by atoms with Crippen LogP contribution in [0.5, 0.6) is 11.5 Å². The fourth-order valence-electron chi connectivity index (χ4n) is 8.83. The van der Waals surface area contributed by atoms with Crippen molar-refractivity contribution < 1.29 is 29.9 Å². The summed E-state index contributed by atoms with van der Waals surface area (Å²) in [4.78, 5) is 9.12. The number of pyridine rings is 1. The van der Waals surface area contributed by atoms with E-state index in [0.29, 0.717) is 17.3 Å². The minimum Gasteiger partial charge on any atom is -0.509 e. The number of hydrogen-bond acceptors (Lipinski definition) is 4. The number of nitrogens with zero attached hydrogens (tertiary/aromatic N) is 4. The van der Waals surface area contributed by atoms with Gasteiger partial charge in [-0.25, -0.2) is 4.98 Å². The maximum Gasteiger partial charge on any atom is 0.135 e. The van der Waals surface area contributed by atoms with Crippen molar-refractivity contribution >= 4 is 44.6 Å². The van der Waals surface area contributed by atoms with Crippen molar-refractivity contribution in [1.29, 1.82) is 0 Å². The van der Waals surface area contributed by atoms with Crippen LogP contribution in [0.25, 0.3) is 49.9 Å². The van der Waals surface area contributed by atoms with Gasteiger partial charge in [0.2, 0.25) is 0 Å². The van der Waals surface area contributed by atoms with Gasteiger partial charge < -0.3 is 19.1 Å². The number of para-hydroxylation sites is 3. The first-order chi connectivity index (χ1) is 29.1. The summed E-state index contributed by atoms with van der Waals surface area (Å²) in [5, 5.41) is 1.96. The van der Waals surface area contributed by atoms with Crippen LogP contribution in [-0.4, -0.2) is 9.55 Å². The molecule has 0 fully saturated rings. The Morgan fingerprint density at radius 3 is 2.28 bits per heavy atom. The van der Waals surface area contributed by atoms with E-state index in [4.69, 9.17) is 8.85 Å². The molecule has 1 aliphatic carbocycles. The van der Waals surface area contributed by atoms with Gasteiger partial charge in [-0.3, -0.25) is 0 Å². The van der Waals surface area contributed by atoms with E-state index < -0.39 is 6.85 Å². The number of aryl methyl sites for hydroxylation is 1. The van der Waals surface area contributed by atoms with Crippen LogP contribution in [0.3, 0.4) is 0 Å². The van der Waals surface area contributed by atoms with Gasteiger partial charge in [0.15, 0.2) is 0 Å². The third-order valence-corrected chi connectivity index (χ3v) is 11.4. The monoisotopic (exact) mass is 931 g/mol. The summed E-state index contributed by atoms with van der Waals surface area (Å²) < 4.78 is 32.6. The molecule has 0 saturated heterocycles. The molecule has 11 rings (SSSR count). The Balaban J connectivity index is 0.00000445. The normalized spacial score (nSPS) is 14.6. The number of benzene rings is 7. The molecule has 2 aromatic heterocycles. The number of anilines is 4. The Bertz CT molecular complexity index is 3160. The van der Waals surface area contributed by atoms with Gasteiger partial charge in [0.05, 0.1) is 0 Å². The second-order valence-electron chi connectivity index (χ2n) is 15.1. The predicted octanol–water partition coefficient (Wildman–Crippen LogP) is 13.3. The van der Waals surface area contributed by atoms with E-state index in [1.165, 1.54) is 28.3 Å². The van der Waals surface area contributed by atoms with Crippen LogP contribution in [0.15, 0.2) is 164 Å². The molecule has 2 aliphatic rings. The van der Waals surface area contributed by atoms with E-state index in [2.05, 4.69) is 138 Å². The topological polar surface area (TPSA) is 33.5 Å². The van der Waals surface area contributed by atoms with E-state index in [-0.39, 0.29) is 32.0 Å². The molecule has 7 aromatic carbocycles. The third-order valence-electron chi connectivity index (χ3n) is 11.4. The number of aromatic nitrogens is 2. The van der Waals surface area contributed by atoms with Gasteiger partial charge in [-0.05, 0) is 70.4 Å². The molecule has 0 atom stereocenters. The standard InChI is InChI=1S/C52H37N4O.Pt/c1-34-28-29-53-49(30-34)56-45-21-10-8-18-40(45)41-25-24-38(32-48(41)56)57-37-17-13-16-36(31-37)54-33-55(47-23-12-11-22-46(47)54)51-39(35-14-5-4-6-15-35)26-27-44-50(51)42-19-7-9-20-43(42)52(44,2)3;/h4-30,33H,1-3H3;/q-3;/i1D3;. The van der Waals surface area contributed by atoms with Crippen molar-refractivity contribution in [3.8, 4) is 39.6 Å². The molecule has 5 nitrogen and oxygen atoms in total. The van der Waals surface area contributed by atoms with Gasteiger partial charge in [0.25, 0.3) is 0 Å². The van der Waals surface area contributed by atoms with Crippen molar-refractivity contribution in [2.24, 2.45) is 0 Å². The molecule has 0 unspecified atom stereocenters. The van der Waals surface area contributed by atoms with Gasteiger partial charge in [0.1, 0.15) is 5.82 Å². The van der Waals surface area contributed by atoms with E-state index >= 15 is 0 Å². The largest absolute Gasteiger partial charge is 0.509 e. The first-order valence-electron chi connectivity index (χ1n) is 20.6. The van der Waals surface area contributed by atoms with E-state index in [1.54, 1.807) is 12.3 Å². The van der Waals surface area contributed by atoms with Gasteiger partial charge in [-0.2, -0.15) is 12.1 Å². The minimum absolute atomic E-state index is 0. The molecular weight excluding hydrogens is 892 g/mol. The van der Waals surface area contributed by atoms with Crippen LogP contribution in [0.2, 0.25) is 0 Å². The maximum absolute atomic E-state index is 8.03. The predicted molar refractivity (Wildman–Crippen MR) is 232 cm³/mol. The molecule has 0 amide bonds. The summed E-state index contributed by atoms with van der Waals surface area (Å²) in [5.41, 5.74) is 13.1. The molecule has 0 N–H and O–H groups in total. The zero-order valence-electron chi connectivity index (χ0n) is 34.7. The van der Waals surface area contributed by atoms with Crippen LogP contribution in [0.1, 0.15) is 34.7 Å². The first kappa shape index (κ1) is 32.6. The Morgan fingerprint density at radius 2 is 1.41 bits per heavy atom. The Morgan fingerprint density at radius 1 is 0.655 bits per heavy atom.